The molecule has 0 radical (unpaired) electrons. The monoisotopic (exact) mass is 233 g/mol. The van der Waals surface area contributed by atoms with Gasteiger partial charge in [-0.3, -0.25) is 0 Å². The molecule has 1 N–H and O–H groups in total. The summed E-state index contributed by atoms with van der Waals surface area (Å²) >= 11 is 0. The quantitative estimate of drug-likeness (QED) is 0.854. The summed E-state index contributed by atoms with van der Waals surface area (Å²) in [5.74, 6) is 2.58. The molecule has 2 heteroatoms. The number of anilines is 1. The third kappa shape index (κ3) is 3.39. The first-order chi connectivity index (χ1) is 8.17. The highest BCUT2D eigenvalue weighted by molar-refractivity contribution is 5.45. The Morgan fingerprint density at radius 1 is 1.00 bits per heavy atom. The molecule has 2 atom stereocenters. The molecule has 0 heterocycles. The lowest BCUT2D eigenvalue weighted by Gasteiger charge is -2.31. The zero-order valence-corrected chi connectivity index (χ0v) is 11.1. The smallest absolute Gasteiger partial charge is 0.119 e. The van der Waals surface area contributed by atoms with Crippen LogP contribution in [-0.4, -0.2) is 13.2 Å². The molecule has 0 spiro atoms. The highest BCUT2D eigenvalue weighted by Gasteiger charge is 2.25. The van der Waals surface area contributed by atoms with Crippen molar-refractivity contribution in [1.29, 1.82) is 0 Å². The molecule has 0 amide bonds. The van der Waals surface area contributed by atoms with Crippen LogP contribution < -0.4 is 10.1 Å². The Kier molecular flexibility index (Phi) is 3.93. The zero-order valence-electron chi connectivity index (χ0n) is 11.1. The summed E-state index contributed by atoms with van der Waals surface area (Å²) in [6, 6.07) is 8.22. The van der Waals surface area contributed by atoms with E-state index in [-0.39, 0.29) is 0 Å². The minimum absolute atomic E-state index is 0.397. The summed E-state index contributed by atoms with van der Waals surface area (Å²) < 4.78 is 6.07. The predicted molar refractivity (Wildman–Crippen MR) is 72.6 cm³/mol. The van der Waals surface area contributed by atoms with Crippen molar-refractivity contribution in [2.24, 2.45) is 11.8 Å². The molecule has 1 aromatic rings. The van der Waals surface area contributed by atoms with Crippen molar-refractivity contribution < 1.29 is 4.74 Å². The summed E-state index contributed by atoms with van der Waals surface area (Å²) in [5.41, 5.74) is 1.13. The first-order valence-corrected chi connectivity index (χ1v) is 6.62. The number of benzene rings is 1. The van der Waals surface area contributed by atoms with Gasteiger partial charge in [0.05, 0.1) is 6.10 Å². The van der Waals surface area contributed by atoms with Gasteiger partial charge >= 0.3 is 0 Å². The van der Waals surface area contributed by atoms with Gasteiger partial charge in [0.25, 0.3) is 0 Å². The minimum atomic E-state index is 0.397. The van der Waals surface area contributed by atoms with Gasteiger partial charge < -0.3 is 10.1 Å². The van der Waals surface area contributed by atoms with Gasteiger partial charge in [-0.25, -0.2) is 0 Å². The lowest BCUT2D eigenvalue weighted by molar-refractivity contribution is 0.101. The Bertz CT molecular complexity index is 336. The van der Waals surface area contributed by atoms with E-state index >= 15 is 0 Å². The fourth-order valence-electron chi connectivity index (χ4n) is 2.86. The van der Waals surface area contributed by atoms with E-state index in [4.69, 9.17) is 4.74 Å². The molecule has 1 fully saturated rings. The van der Waals surface area contributed by atoms with Gasteiger partial charge in [0.15, 0.2) is 0 Å². The van der Waals surface area contributed by atoms with Crippen LogP contribution >= 0.6 is 0 Å². The van der Waals surface area contributed by atoms with Crippen molar-refractivity contribution in [2.75, 3.05) is 12.4 Å². The third-order valence-corrected chi connectivity index (χ3v) is 3.58. The van der Waals surface area contributed by atoms with Crippen molar-refractivity contribution in [2.45, 2.75) is 39.2 Å². The Balaban J connectivity index is 1.95. The average molecular weight is 233 g/mol. The first-order valence-electron chi connectivity index (χ1n) is 6.62. The van der Waals surface area contributed by atoms with Gasteiger partial charge in [0, 0.05) is 12.7 Å². The number of ether oxygens (including phenoxy) is 1. The second-order valence-corrected chi connectivity index (χ2v) is 5.43. The predicted octanol–water partition coefficient (Wildman–Crippen LogP) is 3.93. The van der Waals surface area contributed by atoms with Crippen LogP contribution in [0.5, 0.6) is 5.75 Å². The summed E-state index contributed by atoms with van der Waals surface area (Å²) in [4.78, 5) is 0. The minimum Gasteiger partial charge on any atom is -0.490 e. The lowest BCUT2D eigenvalue weighted by Crippen LogP contribution is -2.28. The van der Waals surface area contributed by atoms with Gasteiger partial charge in [-0.1, -0.05) is 13.8 Å². The maximum absolute atomic E-state index is 6.07. The Morgan fingerprint density at radius 2 is 1.59 bits per heavy atom. The molecule has 1 saturated carbocycles. The molecular formula is C15H23NO. The van der Waals surface area contributed by atoms with Crippen LogP contribution in [0.15, 0.2) is 24.3 Å². The normalized spacial score (nSPS) is 28.8. The van der Waals surface area contributed by atoms with E-state index in [1.165, 1.54) is 19.3 Å². The molecule has 1 aliphatic carbocycles. The van der Waals surface area contributed by atoms with E-state index in [0.717, 1.165) is 23.3 Å². The number of rotatable bonds is 3. The molecule has 1 aromatic carbocycles. The molecule has 2 nitrogen and oxygen atoms in total. The Labute approximate surface area is 104 Å². The standard InChI is InChI=1S/C15H23NO/c1-11-8-12(2)10-15(9-11)17-14-6-4-13(16-3)5-7-14/h4-7,11-12,15-16H,8-10H2,1-3H3. The van der Waals surface area contributed by atoms with Crippen LogP contribution in [0.3, 0.4) is 0 Å². The van der Waals surface area contributed by atoms with E-state index in [2.05, 4.69) is 43.4 Å². The molecule has 94 valence electrons. The van der Waals surface area contributed by atoms with Gasteiger partial charge in [-0.15, -0.1) is 0 Å². The van der Waals surface area contributed by atoms with Gasteiger partial charge in [-0.2, -0.15) is 0 Å². The van der Waals surface area contributed by atoms with Crippen LogP contribution in [0, 0.1) is 11.8 Å². The molecule has 0 aliphatic heterocycles. The Hall–Kier alpha value is -1.18. The van der Waals surface area contributed by atoms with E-state index in [0.29, 0.717) is 6.10 Å². The van der Waals surface area contributed by atoms with E-state index in [9.17, 15) is 0 Å². The maximum atomic E-state index is 6.07. The SMILES string of the molecule is CNc1ccc(OC2CC(C)CC(C)C2)cc1. The molecule has 1 aliphatic rings. The van der Waals surface area contributed by atoms with E-state index in [1.807, 2.05) is 7.05 Å². The number of hydrogen-bond acceptors (Lipinski definition) is 2. The molecule has 0 bridgehead atoms. The van der Waals surface area contributed by atoms with Crippen LogP contribution in [-0.2, 0) is 0 Å². The second kappa shape index (κ2) is 5.44. The summed E-state index contributed by atoms with van der Waals surface area (Å²) in [7, 11) is 1.93. The summed E-state index contributed by atoms with van der Waals surface area (Å²) in [6.07, 6.45) is 4.13. The molecule has 2 rings (SSSR count). The van der Waals surface area contributed by atoms with E-state index < -0.39 is 0 Å². The van der Waals surface area contributed by atoms with Gasteiger partial charge in [-0.05, 0) is 55.4 Å². The molecule has 17 heavy (non-hydrogen) atoms. The lowest BCUT2D eigenvalue weighted by atomic mass is 9.82. The molecule has 0 aromatic heterocycles. The fraction of sp³-hybridized carbons (Fsp3) is 0.600. The van der Waals surface area contributed by atoms with Crippen molar-refractivity contribution >= 4 is 5.69 Å². The molecular weight excluding hydrogens is 210 g/mol. The third-order valence-electron chi connectivity index (χ3n) is 3.58. The van der Waals surface area contributed by atoms with Crippen LogP contribution in [0.2, 0.25) is 0 Å². The van der Waals surface area contributed by atoms with Gasteiger partial charge in [0.1, 0.15) is 5.75 Å². The largest absolute Gasteiger partial charge is 0.490 e. The van der Waals surface area contributed by atoms with Crippen LogP contribution in [0.4, 0.5) is 5.69 Å². The summed E-state index contributed by atoms with van der Waals surface area (Å²) in [6.45, 7) is 4.66. The number of hydrogen-bond donors (Lipinski definition) is 1. The highest BCUT2D eigenvalue weighted by atomic mass is 16.5. The molecule has 2 unspecified atom stereocenters. The molecule has 0 saturated heterocycles. The zero-order chi connectivity index (χ0) is 12.3. The topological polar surface area (TPSA) is 21.3 Å². The first kappa shape index (κ1) is 12.3. The Morgan fingerprint density at radius 3 is 2.12 bits per heavy atom. The van der Waals surface area contributed by atoms with Crippen molar-refractivity contribution in [1.82, 2.24) is 0 Å². The number of nitrogens with one attached hydrogen (secondary N) is 1. The van der Waals surface area contributed by atoms with Crippen molar-refractivity contribution in [3.05, 3.63) is 24.3 Å². The highest BCUT2D eigenvalue weighted by Crippen LogP contribution is 2.31. The van der Waals surface area contributed by atoms with Crippen LogP contribution in [0.25, 0.3) is 0 Å². The average Bonchev–Trinajstić information content (AvgIpc) is 2.28. The second-order valence-electron chi connectivity index (χ2n) is 5.43. The maximum Gasteiger partial charge on any atom is 0.119 e. The van der Waals surface area contributed by atoms with Gasteiger partial charge in [0.2, 0.25) is 0 Å². The fourth-order valence-corrected chi connectivity index (χ4v) is 2.86. The van der Waals surface area contributed by atoms with Crippen molar-refractivity contribution in [3.63, 3.8) is 0 Å². The van der Waals surface area contributed by atoms with E-state index in [1.54, 1.807) is 0 Å². The van der Waals surface area contributed by atoms with Crippen molar-refractivity contribution in [3.8, 4) is 5.75 Å². The summed E-state index contributed by atoms with van der Waals surface area (Å²) in [5, 5.41) is 3.12. The van der Waals surface area contributed by atoms with Crippen LogP contribution in [0.1, 0.15) is 33.1 Å².